The van der Waals surface area contributed by atoms with Gasteiger partial charge in [0.05, 0.1) is 11.5 Å². The number of nitrogens with zero attached hydrogens (tertiary/aromatic N) is 2. The zero-order valence-corrected chi connectivity index (χ0v) is 23.4. The highest BCUT2D eigenvalue weighted by Crippen LogP contribution is 2.22. The molecule has 206 valence electrons. The standard InChI is InChI=1S/C28H45N5O4/c1-18(2)15-23(27(37)32(6)7)33-17-28(4,5)31-25(35)21(19(3)29)13-14-24(34)30-22(26(33)36)16-20-11-9-8-10-12-20/h8-12,18-19,21-23H,13-17,29H2,1-7H3,(H,30,34)(H,31,35)/t19-,21-,22-,23-/m0/s1. The number of benzene rings is 1. The Hall–Kier alpha value is -2.94. The smallest absolute Gasteiger partial charge is 0.246 e. The maximum absolute atomic E-state index is 14.2. The minimum atomic E-state index is -0.862. The molecule has 1 aromatic rings. The summed E-state index contributed by atoms with van der Waals surface area (Å²) in [5.41, 5.74) is 6.17. The van der Waals surface area contributed by atoms with Crippen molar-refractivity contribution < 1.29 is 19.2 Å². The lowest BCUT2D eigenvalue weighted by molar-refractivity contribution is -0.148. The second-order valence-corrected chi connectivity index (χ2v) is 11.5. The lowest BCUT2D eigenvalue weighted by atomic mass is 9.91. The summed E-state index contributed by atoms with van der Waals surface area (Å²) in [7, 11) is 3.33. The molecule has 0 unspecified atom stereocenters. The SMILES string of the molecule is CC(C)C[C@@H](C(=O)N(C)C)N1CC(C)(C)NC(=O)[C@H]([C@H](C)N)CCC(=O)N[C@@H](Cc2ccccc2)C1=O. The maximum atomic E-state index is 14.2. The Bertz CT molecular complexity index is 945. The van der Waals surface area contributed by atoms with Crippen molar-refractivity contribution >= 4 is 23.6 Å². The van der Waals surface area contributed by atoms with Crippen LogP contribution in [0.5, 0.6) is 0 Å². The fourth-order valence-corrected chi connectivity index (χ4v) is 4.78. The van der Waals surface area contributed by atoms with E-state index in [0.717, 1.165) is 5.56 Å². The Morgan fingerprint density at radius 2 is 1.76 bits per heavy atom. The van der Waals surface area contributed by atoms with Crippen molar-refractivity contribution in [3.8, 4) is 0 Å². The molecule has 1 aliphatic heterocycles. The average Bonchev–Trinajstić information content (AvgIpc) is 2.79. The Labute approximate surface area is 221 Å². The summed E-state index contributed by atoms with van der Waals surface area (Å²) >= 11 is 0. The lowest BCUT2D eigenvalue weighted by Crippen LogP contribution is -2.63. The van der Waals surface area contributed by atoms with Crippen LogP contribution in [0, 0.1) is 11.8 Å². The zero-order valence-electron chi connectivity index (χ0n) is 23.4. The van der Waals surface area contributed by atoms with Crippen molar-refractivity contribution in [1.82, 2.24) is 20.4 Å². The molecule has 0 radical (unpaired) electrons. The summed E-state index contributed by atoms with van der Waals surface area (Å²) < 4.78 is 0. The molecule has 37 heavy (non-hydrogen) atoms. The van der Waals surface area contributed by atoms with Crippen molar-refractivity contribution in [1.29, 1.82) is 0 Å². The van der Waals surface area contributed by atoms with E-state index in [-0.39, 0.29) is 55.4 Å². The van der Waals surface area contributed by atoms with E-state index in [9.17, 15) is 19.2 Å². The lowest BCUT2D eigenvalue weighted by Gasteiger charge is -2.41. The third-order valence-corrected chi connectivity index (χ3v) is 6.68. The number of nitrogens with one attached hydrogen (secondary N) is 2. The second kappa shape index (κ2) is 13.0. The molecule has 0 saturated carbocycles. The predicted octanol–water partition coefficient (Wildman–Crippen LogP) is 1.70. The Morgan fingerprint density at radius 1 is 1.14 bits per heavy atom. The summed E-state index contributed by atoms with van der Waals surface area (Å²) in [4.78, 5) is 56.8. The van der Waals surface area contributed by atoms with Crippen molar-refractivity contribution in [2.75, 3.05) is 20.6 Å². The Balaban J connectivity index is 2.60. The van der Waals surface area contributed by atoms with Gasteiger partial charge in [0, 0.05) is 39.5 Å². The molecule has 4 atom stereocenters. The molecule has 0 aliphatic carbocycles. The van der Waals surface area contributed by atoms with Gasteiger partial charge in [-0.05, 0) is 45.1 Å². The molecule has 1 aromatic carbocycles. The third kappa shape index (κ3) is 8.84. The molecule has 4 N–H and O–H groups in total. The fraction of sp³-hybridized carbons (Fsp3) is 0.643. The van der Waals surface area contributed by atoms with Crippen LogP contribution in [0.4, 0.5) is 0 Å². The van der Waals surface area contributed by atoms with E-state index in [1.54, 1.807) is 25.9 Å². The summed E-state index contributed by atoms with van der Waals surface area (Å²) in [5.74, 6) is -1.56. The number of rotatable bonds is 7. The first-order valence-electron chi connectivity index (χ1n) is 13.1. The first-order valence-corrected chi connectivity index (χ1v) is 13.1. The molecule has 1 saturated heterocycles. The number of carbonyl (C=O) groups is 4. The highest BCUT2D eigenvalue weighted by atomic mass is 16.2. The number of nitrogens with two attached hydrogens (primary N) is 1. The van der Waals surface area contributed by atoms with Gasteiger partial charge < -0.3 is 26.2 Å². The number of amides is 4. The molecule has 0 aromatic heterocycles. The van der Waals surface area contributed by atoms with E-state index >= 15 is 0 Å². The van der Waals surface area contributed by atoms with E-state index in [1.165, 1.54) is 4.90 Å². The Kier molecular flexibility index (Phi) is 10.7. The number of carbonyl (C=O) groups excluding carboxylic acids is 4. The largest absolute Gasteiger partial charge is 0.349 e. The summed E-state index contributed by atoms with van der Waals surface area (Å²) in [5, 5.41) is 5.96. The summed E-state index contributed by atoms with van der Waals surface area (Å²) in [6.45, 7) is 9.53. The van der Waals surface area contributed by atoms with Crippen LogP contribution in [-0.4, -0.2) is 77.7 Å². The van der Waals surface area contributed by atoms with Gasteiger partial charge >= 0.3 is 0 Å². The van der Waals surface area contributed by atoms with Gasteiger partial charge in [-0.2, -0.15) is 0 Å². The minimum Gasteiger partial charge on any atom is -0.349 e. The third-order valence-electron chi connectivity index (χ3n) is 6.68. The second-order valence-electron chi connectivity index (χ2n) is 11.5. The van der Waals surface area contributed by atoms with Crippen LogP contribution in [-0.2, 0) is 25.6 Å². The molecule has 1 heterocycles. The van der Waals surface area contributed by atoms with Crippen LogP contribution in [0.2, 0.25) is 0 Å². The molecule has 1 fully saturated rings. The van der Waals surface area contributed by atoms with E-state index in [4.69, 9.17) is 5.73 Å². The molecule has 9 nitrogen and oxygen atoms in total. The molecule has 9 heteroatoms. The van der Waals surface area contributed by atoms with Crippen LogP contribution in [0.15, 0.2) is 30.3 Å². The summed E-state index contributed by atoms with van der Waals surface area (Å²) in [6, 6.07) is 7.42. The topological polar surface area (TPSA) is 125 Å². The predicted molar refractivity (Wildman–Crippen MR) is 144 cm³/mol. The molecular formula is C28H45N5O4. The van der Waals surface area contributed by atoms with Gasteiger partial charge in [-0.3, -0.25) is 19.2 Å². The van der Waals surface area contributed by atoms with Gasteiger partial charge in [-0.1, -0.05) is 44.2 Å². The number of likely N-dealkylation sites (N-methyl/N-ethyl adjacent to an activating group) is 1. The normalized spacial score (nSPS) is 22.8. The molecule has 4 amide bonds. The van der Waals surface area contributed by atoms with Crippen LogP contribution in [0.25, 0.3) is 0 Å². The molecule has 1 aliphatic rings. The van der Waals surface area contributed by atoms with Gasteiger partial charge in [0.2, 0.25) is 23.6 Å². The van der Waals surface area contributed by atoms with Crippen LogP contribution < -0.4 is 16.4 Å². The molecular weight excluding hydrogens is 470 g/mol. The van der Waals surface area contributed by atoms with Crippen molar-refractivity contribution in [3.05, 3.63) is 35.9 Å². The van der Waals surface area contributed by atoms with Crippen molar-refractivity contribution in [3.63, 3.8) is 0 Å². The van der Waals surface area contributed by atoms with Gasteiger partial charge in [0.25, 0.3) is 0 Å². The van der Waals surface area contributed by atoms with Gasteiger partial charge in [0.15, 0.2) is 0 Å². The van der Waals surface area contributed by atoms with Crippen molar-refractivity contribution in [2.45, 2.75) is 84.0 Å². The molecule has 0 bridgehead atoms. The number of hydrogen-bond donors (Lipinski definition) is 3. The fourth-order valence-electron chi connectivity index (χ4n) is 4.78. The maximum Gasteiger partial charge on any atom is 0.246 e. The quantitative estimate of drug-likeness (QED) is 0.510. The number of hydrogen-bond acceptors (Lipinski definition) is 5. The van der Waals surface area contributed by atoms with Crippen molar-refractivity contribution in [2.24, 2.45) is 17.6 Å². The zero-order chi connectivity index (χ0) is 27.9. The molecule has 0 spiro atoms. The highest BCUT2D eigenvalue weighted by molar-refractivity contribution is 5.92. The van der Waals surface area contributed by atoms with E-state index in [1.807, 2.05) is 58.0 Å². The summed E-state index contributed by atoms with van der Waals surface area (Å²) in [6.07, 6.45) is 1.07. The van der Waals surface area contributed by atoms with E-state index in [2.05, 4.69) is 10.6 Å². The van der Waals surface area contributed by atoms with Crippen LogP contribution in [0.1, 0.15) is 59.4 Å². The monoisotopic (exact) mass is 515 g/mol. The highest BCUT2D eigenvalue weighted by Gasteiger charge is 2.40. The van der Waals surface area contributed by atoms with Gasteiger partial charge in [-0.15, -0.1) is 0 Å². The average molecular weight is 516 g/mol. The van der Waals surface area contributed by atoms with Crippen LogP contribution in [0.3, 0.4) is 0 Å². The first kappa shape index (κ1) is 30.3. The van der Waals surface area contributed by atoms with Gasteiger partial charge in [0.1, 0.15) is 12.1 Å². The van der Waals surface area contributed by atoms with E-state index < -0.39 is 29.6 Å². The first-order chi connectivity index (χ1) is 17.2. The van der Waals surface area contributed by atoms with E-state index in [0.29, 0.717) is 6.42 Å². The Morgan fingerprint density at radius 3 is 2.30 bits per heavy atom. The van der Waals surface area contributed by atoms with Crippen LogP contribution >= 0.6 is 0 Å². The van der Waals surface area contributed by atoms with Gasteiger partial charge in [-0.25, -0.2) is 0 Å². The molecule has 2 rings (SSSR count). The minimum absolute atomic E-state index is 0.0602.